The molecule has 0 spiro atoms. The monoisotopic (exact) mass is 268 g/mol. The molecule has 0 bridgehead atoms. The van der Waals surface area contributed by atoms with Gasteiger partial charge in [0.05, 0.1) is 0 Å². The Labute approximate surface area is 114 Å². The predicted molar refractivity (Wildman–Crippen MR) is 75.8 cm³/mol. The number of nitrogens with one attached hydrogen (secondary N) is 2. The average molecular weight is 269 g/mol. The van der Waals surface area contributed by atoms with Crippen LogP contribution in [0.4, 0.5) is 0 Å². The van der Waals surface area contributed by atoms with Crippen LogP contribution in [0, 0.1) is 0 Å². The number of halogens is 1. The zero-order valence-electron chi connectivity index (χ0n) is 11.0. The van der Waals surface area contributed by atoms with E-state index in [1.165, 1.54) is 5.56 Å². The molecular formula is C14H21ClN2O. The second kappa shape index (κ2) is 8.11. The summed E-state index contributed by atoms with van der Waals surface area (Å²) in [7, 11) is 0. The number of rotatable bonds is 7. The van der Waals surface area contributed by atoms with Gasteiger partial charge < -0.3 is 10.6 Å². The zero-order valence-corrected chi connectivity index (χ0v) is 11.8. The topological polar surface area (TPSA) is 41.1 Å². The average Bonchev–Trinajstić information content (AvgIpc) is 2.36. The maximum Gasteiger partial charge on any atom is 0.221 e. The summed E-state index contributed by atoms with van der Waals surface area (Å²) in [6.07, 6.45) is 1.49. The van der Waals surface area contributed by atoms with Gasteiger partial charge in [0.2, 0.25) is 5.91 Å². The molecular weight excluding hydrogens is 248 g/mol. The Hall–Kier alpha value is -1.06. The van der Waals surface area contributed by atoms with Crippen molar-refractivity contribution in [1.82, 2.24) is 10.6 Å². The Balaban J connectivity index is 2.42. The molecule has 1 unspecified atom stereocenters. The molecule has 1 amide bonds. The van der Waals surface area contributed by atoms with E-state index < -0.39 is 0 Å². The summed E-state index contributed by atoms with van der Waals surface area (Å²) in [4.78, 5) is 11.3. The van der Waals surface area contributed by atoms with E-state index in [0.29, 0.717) is 19.5 Å². The number of amides is 1. The third-order valence-corrected chi connectivity index (χ3v) is 3.05. The lowest BCUT2D eigenvalue weighted by atomic mass is 10.0. The molecule has 0 fully saturated rings. The van der Waals surface area contributed by atoms with Crippen LogP contribution >= 0.6 is 11.6 Å². The standard InChI is InChI=1S/C14H21ClN2O/c1-3-13(11-5-7-12(15)8-6-11)17-10-9-14(18)16-4-2/h5-8,13,17H,3-4,9-10H2,1-2H3,(H,16,18). The van der Waals surface area contributed by atoms with Crippen LogP contribution in [0.1, 0.15) is 38.3 Å². The van der Waals surface area contributed by atoms with Gasteiger partial charge in [0.15, 0.2) is 0 Å². The van der Waals surface area contributed by atoms with Gasteiger partial charge in [0, 0.05) is 30.6 Å². The van der Waals surface area contributed by atoms with Crippen molar-refractivity contribution in [2.24, 2.45) is 0 Å². The molecule has 4 heteroatoms. The van der Waals surface area contributed by atoms with E-state index in [4.69, 9.17) is 11.6 Å². The van der Waals surface area contributed by atoms with E-state index in [-0.39, 0.29) is 11.9 Å². The molecule has 0 heterocycles. The minimum atomic E-state index is 0.0935. The van der Waals surface area contributed by atoms with Crippen LogP contribution in [0.25, 0.3) is 0 Å². The highest BCUT2D eigenvalue weighted by atomic mass is 35.5. The quantitative estimate of drug-likeness (QED) is 0.798. The lowest BCUT2D eigenvalue weighted by Crippen LogP contribution is -2.29. The molecule has 0 saturated carbocycles. The van der Waals surface area contributed by atoms with Gasteiger partial charge in [0.1, 0.15) is 0 Å². The lowest BCUT2D eigenvalue weighted by molar-refractivity contribution is -0.120. The largest absolute Gasteiger partial charge is 0.356 e. The summed E-state index contributed by atoms with van der Waals surface area (Å²) in [5, 5.41) is 6.92. The van der Waals surface area contributed by atoms with Crippen LogP contribution in [0.3, 0.4) is 0 Å². The van der Waals surface area contributed by atoms with Gasteiger partial charge in [-0.3, -0.25) is 4.79 Å². The molecule has 18 heavy (non-hydrogen) atoms. The number of carbonyl (C=O) groups is 1. The first-order valence-corrected chi connectivity index (χ1v) is 6.80. The fourth-order valence-electron chi connectivity index (χ4n) is 1.84. The third kappa shape index (κ3) is 5.07. The molecule has 100 valence electrons. The van der Waals surface area contributed by atoms with E-state index in [1.54, 1.807) is 0 Å². The highest BCUT2D eigenvalue weighted by molar-refractivity contribution is 6.30. The van der Waals surface area contributed by atoms with Crippen molar-refractivity contribution in [1.29, 1.82) is 0 Å². The molecule has 1 atom stereocenters. The molecule has 0 aliphatic heterocycles. The Bertz CT molecular complexity index is 365. The highest BCUT2D eigenvalue weighted by Gasteiger charge is 2.09. The number of hydrogen-bond donors (Lipinski definition) is 2. The van der Waals surface area contributed by atoms with Crippen molar-refractivity contribution >= 4 is 17.5 Å². The van der Waals surface area contributed by atoms with Crippen molar-refractivity contribution in [3.63, 3.8) is 0 Å². The van der Waals surface area contributed by atoms with Gasteiger partial charge in [-0.1, -0.05) is 30.7 Å². The highest BCUT2D eigenvalue weighted by Crippen LogP contribution is 2.18. The Morgan fingerprint density at radius 1 is 1.28 bits per heavy atom. The molecule has 1 aromatic carbocycles. The van der Waals surface area contributed by atoms with Crippen LogP contribution in [-0.2, 0) is 4.79 Å². The van der Waals surface area contributed by atoms with E-state index in [2.05, 4.69) is 17.6 Å². The van der Waals surface area contributed by atoms with Gasteiger partial charge in [-0.25, -0.2) is 0 Å². The van der Waals surface area contributed by atoms with E-state index >= 15 is 0 Å². The first kappa shape index (κ1) is 15.0. The van der Waals surface area contributed by atoms with Crippen LogP contribution in [0.2, 0.25) is 5.02 Å². The minimum absolute atomic E-state index is 0.0935. The van der Waals surface area contributed by atoms with Crippen molar-refractivity contribution in [2.75, 3.05) is 13.1 Å². The minimum Gasteiger partial charge on any atom is -0.356 e. The number of carbonyl (C=O) groups excluding carboxylic acids is 1. The Morgan fingerprint density at radius 2 is 1.94 bits per heavy atom. The second-order valence-electron chi connectivity index (χ2n) is 4.17. The molecule has 1 aromatic rings. The van der Waals surface area contributed by atoms with Crippen LogP contribution < -0.4 is 10.6 Å². The maximum absolute atomic E-state index is 11.3. The van der Waals surface area contributed by atoms with Crippen LogP contribution in [0.5, 0.6) is 0 Å². The SMILES string of the molecule is CCNC(=O)CCNC(CC)c1ccc(Cl)cc1. The van der Waals surface area contributed by atoms with Gasteiger partial charge in [0.25, 0.3) is 0 Å². The summed E-state index contributed by atoms with van der Waals surface area (Å²) in [6, 6.07) is 8.11. The summed E-state index contributed by atoms with van der Waals surface area (Å²) in [5.74, 6) is 0.0935. The lowest BCUT2D eigenvalue weighted by Gasteiger charge is -2.17. The first-order chi connectivity index (χ1) is 8.67. The molecule has 0 radical (unpaired) electrons. The smallest absolute Gasteiger partial charge is 0.221 e. The van der Waals surface area contributed by atoms with Gasteiger partial charge in [-0.2, -0.15) is 0 Å². The fraction of sp³-hybridized carbons (Fsp3) is 0.500. The molecule has 0 aromatic heterocycles. The summed E-state index contributed by atoms with van der Waals surface area (Å²) in [5.41, 5.74) is 1.21. The summed E-state index contributed by atoms with van der Waals surface area (Å²) >= 11 is 5.87. The zero-order chi connectivity index (χ0) is 13.4. The molecule has 1 rings (SSSR count). The molecule has 3 nitrogen and oxygen atoms in total. The normalized spacial score (nSPS) is 12.2. The van der Waals surface area contributed by atoms with E-state index in [0.717, 1.165) is 11.4 Å². The van der Waals surface area contributed by atoms with Crippen molar-refractivity contribution in [2.45, 2.75) is 32.7 Å². The van der Waals surface area contributed by atoms with Crippen LogP contribution in [0.15, 0.2) is 24.3 Å². The molecule has 2 N–H and O–H groups in total. The third-order valence-electron chi connectivity index (χ3n) is 2.80. The van der Waals surface area contributed by atoms with E-state index in [1.807, 2.05) is 31.2 Å². The van der Waals surface area contributed by atoms with Crippen LogP contribution in [-0.4, -0.2) is 19.0 Å². The van der Waals surface area contributed by atoms with Gasteiger partial charge in [-0.05, 0) is 31.0 Å². The van der Waals surface area contributed by atoms with E-state index in [9.17, 15) is 4.79 Å². The molecule has 0 aliphatic rings. The maximum atomic E-state index is 11.3. The number of hydrogen-bond acceptors (Lipinski definition) is 2. The fourth-order valence-corrected chi connectivity index (χ4v) is 1.96. The Kier molecular flexibility index (Phi) is 6.76. The van der Waals surface area contributed by atoms with Crippen molar-refractivity contribution < 1.29 is 4.79 Å². The Morgan fingerprint density at radius 3 is 2.50 bits per heavy atom. The van der Waals surface area contributed by atoms with Gasteiger partial charge >= 0.3 is 0 Å². The summed E-state index contributed by atoms with van der Waals surface area (Å²) in [6.45, 7) is 5.42. The molecule has 0 saturated heterocycles. The predicted octanol–water partition coefficient (Wildman–Crippen LogP) is 2.91. The van der Waals surface area contributed by atoms with Crippen molar-refractivity contribution in [3.05, 3.63) is 34.9 Å². The van der Waals surface area contributed by atoms with Gasteiger partial charge in [-0.15, -0.1) is 0 Å². The summed E-state index contributed by atoms with van der Waals surface area (Å²) < 4.78 is 0. The number of benzene rings is 1. The van der Waals surface area contributed by atoms with Crippen molar-refractivity contribution in [3.8, 4) is 0 Å². The molecule has 0 aliphatic carbocycles. The second-order valence-corrected chi connectivity index (χ2v) is 4.61. The first-order valence-electron chi connectivity index (χ1n) is 6.42.